The van der Waals surface area contributed by atoms with Gasteiger partial charge in [-0.1, -0.05) is 0 Å². The molecule has 2 saturated carbocycles. The maximum absolute atomic E-state index is 5.53. The van der Waals surface area contributed by atoms with E-state index in [1.807, 2.05) is 0 Å². The van der Waals surface area contributed by atoms with Crippen LogP contribution in [-0.4, -0.2) is 17.6 Å². The van der Waals surface area contributed by atoms with E-state index in [2.05, 4.69) is 9.88 Å². The molecule has 1 aromatic heterocycles. The number of oxazole rings is 1. The Bertz CT molecular complexity index is 341. The van der Waals surface area contributed by atoms with E-state index < -0.39 is 0 Å². The maximum Gasteiger partial charge on any atom is 0.297 e. The van der Waals surface area contributed by atoms with Gasteiger partial charge < -0.3 is 15.1 Å². The minimum Gasteiger partial charge on any atom is -0.432 e. The topological polar surface area (TPSA) is 55.3 Å². The molecule has 0 bridgehead atoms. The molecule has 2 N–H and O–H groups in total. The van der Waals surface area contributed by atoms with E-state index in [0.717, 1.165) is 24.2 Å². The van der Waals surface area contributed by atoms with E-state index >= 15 is 0 Å². The number of aromatic nitrogens is 1. The molecule has 3 rings (SSSR count). The second kappa shape index (κ2) is 3.52. The van der Waals surface area contributed by atoms with Crippen molar-refractivity contribution in [3.8, 4) is 0 Å². The highest BCUT2D eigenvalue weighted by Crippen LogP contribution is 2.37. The first kappa shape index (κ1) is 9.21. The summed E-state index contributed by atoms with van der Waals surface area (Å²) in [5, 5.41) is 0. The Morgan fingerprint density at radius 3 is 2.73 bits per heavy atom. The van der Waals surface area contributed by atoms with Crippen LogP contribution in [0.1, 0.15) is 31.4 Å². The third kappa shape index (κ3) is 2.00. The summed E-state index contributed by atoms with van der Waals surface area (Å²) in [7, 11) is 0. The smallest absolute Gasteiger partial charge is 0.297 e. The summed E-state index contributed by atoms with van der Waals surface area (Å²) < 4.78 is 5.48. The van der Waals surface area contributed by atoms with E-state index in [4.69, 9.17) is 10.2 Å². The lowest BCUT2D eigenvalue weighted by molar-refractivity contribution is 0.522. The van der Waals surface area contributed by atoms with Crippen molar-refractivity contribution in [1.82, 2.24) is 4.98 Å². The van der Waals surface area contributed by atoms with Gasteiger partial charge in [0.2, 0.25) is 0 Å². The van der Waals surface area contributed by atoms with Gasteiger partial charge in [0, 0.05) is 19.1 Å². The molecule has 2 aliphatic rings. The second-order valence-corrected chi connectivity index (χ2v) is 4.65. The fourth-order valence-corrected chi connectivity index (χ4v) is 1.87. The molecule has 0 atom stereocenters. The number of hydrogen-bond donors (Lipinski definition) is 1. The van der Waals surface area contributed by atoms with Crippen molar-refractivity contribution in [3.05, 3.63) is 12.0 Å². The molecule has 4 nitrogen and oxygen atoms in total. The average Bonchev–Trinajstić information content (AvgIpc) is 3.14. The zero-order valence-electron chi connectivity index (χ0n) is 8.85. The lowest BCUT2D eigenvalue weighted by Gasteiger charge is -2.19. The molecule has 0 amide bonds. The van der Waals surface area contributed by atoms with Gasteiger partial charge in [-0.2, -0.15) is 4.98 Å². The highest BCUT2D eigenvalue weighted by atomic mass is 16.4. The largest absolute Gasteiger partial charge is 0.432 e. The normalized spacial score (nSPS) is 20.6. The fourth-order valence-electron chi connectivity index (χ4n) is 1.87. The van der Waals surface area contributed by atoms with Gasteiger partial charge in [-0.3, -0.25) is 0 Å². The Balaban J connectivity index is 1.74. The minimum atomic E-state index is 0.464. The molecule has 0 radical (unpaired) electrons. The molecule has 2 aliphatic carbocycles. The summed E-state index contributed by atoms with van der Waals surface area (Å²) in [6, 6.07) is 1.46. The van der Waals surface area contributed by atoms with E-state index in [1.165, 1.54) is 25.7 Å². The Morgan fingerprint density at radius 2 is 2.20 bits per heavy atom. The second-order valence-electron chi connectivity index (χ2n) is 4.65. The molecule has 1 aromatic rings. The molecule has 0 spiro atoms. The van der Waals surface area contributed by atoms with Crippen LogP contribution in [0.3, 0.4) is 0 Å². The number of rotatable bonds is 5. The number of nitrogens with two attached hydrogens (primary N) is 1. The van der Waals surface area contributed by atoms with Gasteiger partial charge in [0.15, 0.2) is 0 Å². The van der Waals surface area contributed by atoms with Crippen LogP contribution >= 0.6 is 0 Å². The first-order valence-electron chi connectivity index (χ1n) is 5.78. The Kier molecular flexibility index (Phi) is 2.16. The van der Waals surface area contributed by atoms with Crippen molar-refractivity contribution < 1.29 is 4.42 Å². The molecular formula is C11H17N3O. The highest BCUT2D eigenvalue weighted by molar-refractivity contribution is 5.32. The standard InChI is InChI=1S/C11H17N3O/c12-5-9-7-15-11(13-9)14(10-3-4-10)6-8-1-2-8/h7-8,10H,1-6,12H2. The molecule has 0 unspecified atom stereocenters. The fraction of sp³-hybridized carbons (Fsp3) is 0.727. The Hall–Kier alpha value is -1.03. The molecule has 4 heteroatoms. The van der Waals surface area contributed by atoms with Gasteiger partial charge in [-0.15, -0.1) is 0 Å². The van der Waals surface area contributed by atoms with Crippen molar-refractivity contribution in [3.63, 3.8) is 0 Å². The summed E-state index contributed by atoms with van der Waals surface area (Å²) in [5.74, 6) is 0.874. The molecular weight excluding hydrogens is 190 g/mol. The monoisotopic (exact) mass is 207 g/mol. The zero-order valence-corrected chi connectivity index (χ0v) is 8.85. The van der Waals surface area contributed by atoms with Crippen molar-refractivity contribution in [2.75, 3.05) is 11.4 Å². The van der Waals surface area contributed by atoms with Crippen LogP contribution in [0.5, 0.6) is 0 Å². The first-order chi connectivity index (χ1) is 7.36. The quantitative estimate of drug-likeness (QED) is 0.795. The highest BCUT2D eigenvalue weighted by Gasteiger charge is 2.35. The van der Waals surface area contributed by atoms with Gasteiger partial charge in [0.25, 0.3) is 6.01 Å². The van der Waals surface area contributed by atoms with Crippen LogP contribution in [0.25, 0.3) is 0 Å². The number of nitrogens with zero attached hydrogens (tertiary/aromatic N) is 2. The van der Waals surface area contributed by atoms with Crippen LogP contribution in [0.2, 0.25) is 0 Å². The summed E-state index contributed by atoms with van der Waals surface area (Å²) >= 11 is 0. The van der Waals surface area contributed by atoms with Gasteiger partial charge in [0.1, 0.15) is 6.26 Å². The minimum absolute atomic E-state index is 0.464. The van der Waals surface area contributed by atoms with Crippen LogP contribution in [-0.2, 0) is 6.54 Å². The van der Waals surface area contributed by atoms with Crippen molar-refractivity contribution in [1.29, 1.82) is 0 Å². The van der Waals surface area contributed by atoms with Gasteiger partial charge in [-0.25, -0.2) is 0 Å². The Morgan fingerprint density at radius 1 is 1.40 bits per heavy atom. The van der Waals surface area contributed by atoms with Crippen LogP contribution in [0, 0.1) is 5.92 Å². The summed E-state index contributed by atoms with van der Waals surface area (Å²) in [6.07, 6.45) is 6.99. The predicted octanol–water partition coefficient (Wildman–Crippen LogP) is 1.51. The van der Waals surface area contributed by atoms with Gasteiger partial charge in [-0.05, 0) is 31.6 Å². The van der Waals surface area contributed by atoms with E-state index in [9.17, 15) is 0 Å². The summed E-state index contributed by atoms with van der Waals surface area (Å²) in [5.41, 5.74) is 6.38. The van der Waals surface area contributed by atoms with E-state index in [0.29, 0.717) is 12.6 Å². The van der Waals surface area contributed by atoms with E-state index in [1.54, 1.807) is 6.26 Å². The SMILES string of the molecule is NCc1coc(N(CC2CC2)C2CC2)n1. The van der Waals surface area contributed by atoms with E-state index in [-0.39, 0.29) is 0 Å². The van der Waals surface area contributed by atoms with Gasteiger partial charge >= 0.3 is 0 Å². The number of hydrogen-bond acceptors (Lipinski definition) is 4. The van der Waals surface area contributed by atoms with Crippen LogP contribution in [0.15, 0.2) is 10.7 Å². The number of anilines is 1. The molecule has 0 aliphatic heterocycles. The van der Waals surface area contributed by atoms with Gasteiger partial charge in [0.05, 0.1) is 5.69 Å². The molecule has 0 saturated heterocycles. The zero-order chi connectivity index (χ0) is 10.3. The average molecular weight is 207 g/mol. The lowest BCUT2D eigenvalue weighted by atomic mass is 10.4. The van der Waals surface area contributed by atoms with Crippen molar-refractivity contribution >= 4 is 6.01 Å². The molecule has 2 fully saturated rings. The maximum atomic E-state index is 5.53. The molecule has 0 aromatic carbocycles. The summed E-state index contributed by atoms with van der Waals surface area (Å²) in [6.45, 7) is 1.58. The summed E-state index contributed by atoms with van der Waals surface area (Å²) in [4.78, 5) is 6.74. The third-order valence-electron chi connectivity index (χ3n) is 3.13. The predicted molar refractivity (Wildman–Crippen MR) is 57.5 cm³/mol. The van der Waals surface area contributed by atoms with Crippen molar-refractivity contribution in [2.45, 2.75) is 38.3 Å². The lowest BCUT2D eigenvalue weighted by Crippen LogP contribution is -2.28. The van der Waals surface area contributed by atoms with Crippen LogP contribution < -0.4 is 10.6 Å². The van der Waals surface area contributed by atoms with Crippen molar-refractivity contribution in [2.24, 2.45) is 11.7 Å². The first-order valence-corrected chi connectivity index (χ1v) is 5.78. The molecule has 15 heavy (non-hydrogen) atoms. The third-order valence-corrected chi connectivity index (χ3v) is 3.13. The molecule has 82 valence electrons. The Labute approximate surface area is 89.5 Å². The van der Waals surface area contributed by atoms with Crippen LogP contribution in [0.4, 0.5) is 6.01 Å². The molecule has 1 heterocycles.